The normalized spacial score (nSPS) is 11.4. The van der Waals surface area contributed by atoms with Gasteiger partial charge in [-0.05, 0) is 35.0 Å². The van der Waals surface area contributed by atoms with E-state index < -0.39 is 21.7 Å². The van der Waals surface area contributed by atoms with Crippen molar-refractivity contribution >= 4 is 48.3 Å². The summed E-state index contributed by atoms with van der Waals surface area (Å²) in [7, 11) is -3.91. The van der Waals surface area contributed by atoms with E-state index in [0.717, 1.165) is 6.07 Å². The SMILES string of the molecule is Cc1nc(NC(=O)c2c(F)cccc2Br)sc1S(N)(=O)=O. The van der Waals surface area contributed by atoms with Gasteiger partial charge in [0.2, 0.25) is 10.0 Å². The van der Waals surface area contributed by atoms with E-state index in [2.05, 4.69) is 26.2 Å². The Hall–Kier alpha value is -1.36. The van der Waals surface area contributed by atoms with Crippen molar-refractivity contribution in [3.05, 3.63) is 39.7 Å². The number of halogens is 2. The molecule has 2 rings (SSSR count). The van der Waals surface area contributed by atoms with E-state index >= 15 is 0 Å². The van der Waals surface area contributed by atoms with Crippen LogP contribution >= 0.6 is 27.3 Å². The van der Waals surface area contributed by atoms with Gasteiger partial charge in [0.15, 0.2) is 9.34 Å². The molecular formula is C11H9BrFN3O3S2. The van der Waals surface area contributed by atoms with Crippen LogP contribution in [0.5, 0.6) is 0 Å². The maximum atomic E-state index is 13.7. The van der Waals surface area contributed by atoms with Gasteiger partial charge in [-0.2, -0.15) is 0 Å². The number of carbonyl (C=O) groups excluding carboxylic acids is 1. The molecule has 0 aliphatic carbocycles. The highest BCUT2D eigenvalue weighted by Crippen LogP contribution is 2.27. The molecule has 112 valence electrons. The summed E-state index contributed by atoms with van der Waals surface area (Å²) in [5.41, 5.74) is -0.0205. The van der Waals surface area contributed by atoms with Gasteiger partial charge in [0, 0.05) is 4.47 Å². The third-order valence-corrected chi connectivity index (χ3v) is 5.71. The van der Waals surface area contributed by atoms with Gasteiger partial charge in [0.05, 0.1) is 11.3 Å². The monoisotopic (exact) mass is 393 g/mol. The third-order valence-electron chi connectivity index (χ3n) is 2.42. The first-order valence-corrected chi connectivity index (χ1v) is 8.61. The second-order valence-corrected chi connectivity index (χ2v) is 7.60. The molecule has 0 spiro atoms. The van der Waals surface area contributed by atoms with Crippen LogP contribution in [0.25, 0.3) is 0 Å². The minimum absolute atomic E-state index is 0.0247. The van der Waals surface area contributed by atoms with Crippen molar-refractivity contribution in [3.63, 3.8) is 0 Å². The summed E-state index contributed by atoms with van der Waals surface area (Å²) in [6, 6.07) is 4.10. The van der Waals surface area contributed by atoms with Crippen molar-refractivity contribution in [2.24, 2.45) is 5.14 Å². The van der Waals surface area contributed by atoms with Crippen LogP contribution < -0.4 is 10.5 Å². The molecule has 0 saturated carbocycles. The predicted molar refractivity (Wildman–Crippen MR) is 80.3 cm³/mol. The molecule has 10 heteroatoms. The van der Waals surface area contributed by atoms with Gasteiger partial charge in [-0.25, -0.2) is 22.9 Å². The average Bonchev–Trinajstić information content (AvgIpc) is 2.69. The molecule has 3 N–H and O–H groups in total. The van der Waals surface area contributed by atoms with E-state index in [4.69, 9.17) is 5.14 Å². The van der Waals surface area contributed by atoms with E-state index in [9.17, 15) is 17.6 Å². The topological polar surface area (TPSA) is 102 Å². The Bertz CT molecular complexity index is 800. The Morgan fingerprint density at radius 1 is 1.48 bits per heavy atom. The summed E-state index contributed by atoms with van der Waals surface area (Å²) in [5, 5.41) is 7.40. The number of rotatable bonds is 3. The molecule has 0 bridgehead atoms. The third kappa shape index (κ3) is 3.46. The Balaban J connectivity index is 2.33. The van der Waals surface area contributed by atoms with Crippen molar-refractivity contribution in [3.8, 4) is 0 Å². The highest BCUT2D eigenvalue weighted by Gasteiger charge is 2.21. The smallest absolute Gasteiger partial charge is 0.261 e. The number of aromatic nitrogens is 1. The molecule has 0 radical (unpaired) electrons. The Kier molecular flexibility index (Phi) is 4.42. The molecule has 1 aromatic carbocycles. The standard InChI is InChI=1S/C11H9BrFN3O3S2/c1-5-10(21(14,18)19)20-11(15-5)16-9(17)8-6(12)3-2-4-7(8)13/h2-4H,1H3,(H2,14,18,19)(H,15,16,17). The molecule has 0 unspecified atom stereocenters. The molecule has 21 heavy (non-hydrogen) atoms. The summed E-state index contributed by atoms with van der Waals surface area (Å²) >= 11 is 3.79. The molecule has 2 aromatic rings. The van der Waals surface area contributed by atoms with Gasteiger partial charge in [-0.1, -0.05) is 17.4 Å². The Labute approximate surface area is 132 Å². The lowest BCUT2D eigenvalue weighted by atomic mass is 10.2. The lowest BCUT2D eigenvalue weighted by Gasteiger charge is -2.05. The van der Waals surface area contributed by atoms with Gasteiger partial charge >= 0.3 is 0 Å². The van der Waals surface area contributed by atoms with Gasteiger partial charge in [0.1, 0.15) is 5.82 Å². The zero-order valence-corrected chi connectivity index (χ0v) is 13.8. The molecule has 0 saturated heterocycles. The summed E-state index contributed by atoms with van der Waals surface area (Å²) < 4.78 is 36.4. The Morgan fingerprint density at radius 2 is 2.14 bits per heavy atom. The molecule has 0 aliphatic heterocycles. The molecule has 6 nitrogen and oxygen atoms in total. The van der Waals surface area contributed by atoms with Crippen LogP contribution in [0.4, 0.5) is 9.52 Å². The predicted octanol–water partition coefficient (Wildman–Crippen LogP) is 2.25. The largest absolute Gasteiger partial charge is 0.298 e. The summed E-state index contributed by atoms with van der Waals surface area (Å²) in [6.07, 6.45) is 0. The summed E-state index contributed by atoms with van der Waals surface area (Å²) in [5.74, 6) is -1.45. The van der Waals surface area contributed by atoms with Crippen molar-refractivity contribution < 1.29 is 17.6 Å². The average molecular weight is 394 g/mol. The number of aryl methyl sites for hydroxylation is 1. The van der Waals surface area contributed by atoms with Crippen molar-refractivity contribution in [2.75, 3.05) is 5.32 Å². The van der Waals surface area contributed by atoms with Crippen LogP contribution in [-0.4, -0.2) is 19.3 Å². The van der Waals surface area contributed by atoms with Gasteiger partial charge < -0.3 is 0 Å². The fourth-order valence-electron chi connectivity index (χ4n) is 1.57. The first kappa shape index (κ1) is 16.0. The summed E-state index contributed by atoms with van der Waals surface area (Å²) in [4.78, 5) is 15.9. The van der Waals surface area contributed by atoms with Crippen LogP contribution in [0.2, 0.25) is 0 Å². The zero-order chi connectivity index (χ0) is 15.8. The van der Waals surface area contributed by atoms with Gasteiger partial charge in [-0.3, -0.25) is 10.1 Å². The van der Waals surface area contributed by atoms with Crippen molar-refractivity contribution in [1.82, 2.24) is 4.98 Å². The lowest BCUT2D eigenvalue weighted by Crippen LogP contribution is -2.14. The molecule has 1 heterocycles. The molecule has 1 aromatic heterocycles. The van der Waals surface area contributed by atoms with Gasteiger partial charge in [-0.15, -0.1) is 0 Å². The Morgan fingerprint density at radius 3 is 2.67 bits per heavy atom. The van der Waals surface area contributed by atoms with Crippen LogP contribution in [-0.2, 0) is 10.0 Å². The zero-order valence-electron chi connectivity index (χ0n) is 10.6. The number of primary sulfonamides is 1. The van der Waals surface area contributed by atoms with Crippen molar-refractivity contribution in [2.45, 2.75) is 11.1 Å². The number of nitrogens with two attached hydrogens (primary N) is 1. The number of hydrogen-bond donors (Lipinski definition) is 2. The highest BCUT2D eigenvalue weighted by molar-refractivity contribution is 9.10. The lowest BCUT2D eigenvalue weighted by molar-refractivity contribution is 0.102. The molecule has 0 fully saturated rings. The maximum absolute atomic E-state index is 13.7. The number of thiazole rings is 1. The second-order valence-electron chi connectivity index (χ2n) is 3.99. The molecular weight excluding hydrogens is 385 g/mol. The number of benzene rings is 1. The number of carbonyl (C=O) groups is 1. The molecule has 0 aliphatic rings. The number of sulfonamides is 1. The molecule has 0 atom stereocenters. The number of hydrogen-bond acceptors (Lipinski definition) is 5. The van der Waals surface area contributed by atoms with Crippen molar-refractivity contribution in [1.29, 1.82) is 0 Å². The van der Waals surface area contributed by atoms with E-state index in [1.165, 1.54) is 19.1 Å². The fourth-order valence-corrected chi connectivity index (χ4v) is 3.95. The minimum atomic E-state index is -3.91. The van der Waals surface area contributed by atoms with E-state index in [-0.39, 0.29) is 25.1 Å². The quantitative estimate of drug-likeness (QED) is 0.834. The molecule has 1 amide bonds. The van der Waals surface area contributed by atoms with Crippen LogP contribution in [0, 0.1) is 12.7 Å². The van der Waals surface area contributed by atoms with Crippen LogP contribution in [0.3, 0.4) is 0 Å². The number of nitrogens with zero attached hydrogens (tertiary/aromatic N) is 1. The van der Waals surface area contributed by atoms with E-state index in [1.807, 2.05) is 0 Å². The van der Waals surface area contributed by atoms with Crippen LogP contribution in [0.1, 0.15) is 16.1 Å². The van der Waals surface area contributed by atoms with E-state index in [1.54, 1.807) is 0 Å². The maximum Gasteiger partial charge on any atom is 0.261 e. The second kappa shape index (κ2) is 5.79. The fraction of sp³-hybridized carbons (Fsp3) is 0.0909. The summed E-state index contributed by atoms with van der Waals surface area (Å²) in [6.45, 7) is 1.45. The number of nitrogens with one attached hydrogen (secondary N) is 1. The first-order chi connectivity index (χ1) is 9.70. The minimum Gasteiger partial charge on any atom is -0.298 e. The van der Waals surface area contributed by atoms with E-state index in [0.29, 0.717) is 11.3 Å². The highest BCUT2D eigenvalue weighted by atomic mass is 79.9. The van der Waals surface area contributed by atoms with Crippen LogP contribution in [0.15, 0.2) is 26.9 Å². The first-order valence-electron chi connectivity index (χ1n) is 5.45. The van der Waals surface area contributed by atoms with Gasteiger partial charge in [0.25, 0.3) is 5.91 Å². The number of anilines is 1. The number of amides is 1.